The molecular formula is C25H28Cl2FN3O2. The number of nitrogens with two attached hydrogens (primary N) is 1. The highest BCUT2D eigenvalue weighted by Crippen LogP contribution is 2.37. The third-order valence-corrected chi connectivity index (χ3v) is 6.14. The molecule has 3 rings (SSSR count). The fraction of sp³-hybridized carbons (Fsp3) is 0.320. The van der Waals surface area contributed by atoms with Crippen LogP contribution in [0.5, 0.6) is 11.5 Å². The number of aromatic nitrogens is 1. The van der Waals surface area contributed by atoms with Crippen molar-refractivity contribution < 1.29 is 13.9 Å². The van der Waals surface area contributed by atoms with Crippen molar-refractivity contribution in [1.29, 1.82) is 0 Å². The first kappa shape index (κ1) is 25.1. The number of hydrogen-bond acceptors (Lipinski definition) is 5. The monoisotopic (exact) mass is 491 g/mol. The summed E-state index contributed by atoms with van der Waals surface area (Å²) in [6.07, 6.45) is 1.03. The van der Waals surface area contributed by atoms with Gasteiger partial charge in [0.1, 0.15) is 24.3 Å². The molecule has 2 N–H and O–H groups in total. The van der Waals surface area contributed by atoms with Gasteiger partial charge < -0.3 is 20.1 Å². The molecule has 1 heterocycles. The molecule has 1 unspecified atom stereocenters. The number of benzene rings is 2. The molecule has 33 heavy (non-hydrogen) atoms. The van der Waals surface area contributed by atoms with Crippen molar-refractivity contribution in [3.63, 3.8) is 0 Å². The van der Waals surface area contributed by atoms with Crippen LogP contribution in [0, 0.1) is 5.82 Å². The Morgan fingerprint density at radius 1 is 1.06 bits per heavy atom. The molecule has 0 fully saturated rings. The number of anilines is 1. The van der Waals surface area contributed by atoms with Crippen LogP contribution in [-0.4, -0.2) is 36.1 Å². The van der Waals surface area contributed by atoms with E-state index in [2.05, 4.69) is 23.7 Å². The first-order valence-corrected chi connectivity index (χ1v) is 11.6. The predicted octanol–water partition coefficient (Wildman–Crippen LogP) is 6.64. The Kier molecular flexibility index (Phi) is 8.78. The van der Waals surface area contributed by atoms with Gasteiger partial charge in [-0.3, -0.25) is 0 Å². The molecule has 0 saturated carbocycles. The normalized spacial score (nSPS) is 12.1. The largest absolute Gasteiger partial charge is 0.492 e. The number of halogens is 3. The average molecular weight is 492 g/mol. The maximum atomic E-state index is 13.9. The minimum Gasteiger partial charge on any atom is -0.492 e. The van der Waals surface area contributed by atoms with Crippen LogP contribution in [-0.2, 0) is 0 Å². The SMILES string of the molecule is CCN(CC)CCOc1ccc(-c2cnc(N)c(OC(C)c3c(Cl)ccc(F)c3Cl)c2)cc1. The van der Waals surface area contributed by atoms with Crippen LogP contribution in [0.1, 0.15) is 32.4 Å². The predicted molar refractivity (Wildman–Crippen MR) is 133 cm³/mol. The highest BCUT2D eigenvalue weighted by atomic mass is 35.5. The molecule has 1 atom stereocenters. The summed E-state index contributed by atoms with van der Waals surface area (Å²) in [6, 6.07) is 12.2. The van der Waals surface area contributed by atoms with E-state index >= 15 is 0 Å². The molecule has 0 bridgehead atoms. The van der Waals surface area contributed by atoms with E-state index < -0.39 is 11.9 Å². The lowest BCUT2D eigenvalue weighted by atomic mass is 10.1. The summed E-state index contributed by atoms with van der Waals surface area (Å²) in [7, 11) is 0. The van der Waals surface area contributed by atoms with E-state index in [0.717, 1.165) is 36.5 Å². The fourth-order valence-electron chi connectivity index (χ4n) is 3.45. The van der Waals surface area contributed by atoms with E-state index in [1.807, 2.05) is 24.3 Å². The molecule has 8 heteroatoms. The average Bonchev–Trinajstić information content (AvgIpc) is 2.81. The standard InChI is InChI=1S/C25H28Cl2FN3O2/c1-4-31(5-2)12-13-32-19-8-6-17(7-9-19)18-14-22(25(29)30-15-18)33-16(3)23-20(26)10-11-21(28)24(23)27/h6-11,14-16H,4-5,12-13H2,1-3H3,(H2,29,30). The highest BCUT2D eigenvalue weighted by molar-refractivity contribution is 6.36. The van der Waals surface area contributed by atoms with Crippen LogP contribution in [0.4, 0.5) is 10.2 Å². The van der Waals surface area contributed by atoms with Gasteiger partial charge >= 0.3 is 0 Å². The van der Waals surface area contributed by atoms with Crippen molar-refractivity contribution in [2.24, 2.45) is 0 Å². The summed E-state index contributed by atoms with van der Waals surface area (Å²) < 4.78 is 25.7. The molecule has 0 spiro atoms. The molecule has 1 aromatic heterocycles. The molecule has 0 radical (unpaired) electrons. The van der Waals surface area contributed by atoms with E-state index in [0.29, 0.717) is 22.9 Å². The quantitative estimate of drug-likeness (QED) is 0.322. The molecule has 0 saturated heterocycles. The van der Waals surface area contributed by atoms with E-state index in [1.54, 1.807) is 19.2 Å². The zero-order valence-corrected chi connectivity index (χ0v) is 20.5. The molecule has 0 aliphatic rings. The van der Waals surface area contributed by atoms with Gasteiger partial charge in [-0.15, -0.1) is 0 Å². The van der Waals surface area contributed by atoms with Crippen molar-refractivity contribution in [3.8, 4) is 22.6 Å². The van der Waals surface area contributed by atoms with Gasteiger partial charge in [-0.2, -0.15) is 0 Å². The van der Waals surface area contributed by atoms with Crippen molar-refractivity contribution in [2.45, 2.75) is 26.9 Å². The number of ether oxygens (including phenoxy) is 2. The molecule has 0 aliphatic heterocycles. The van der Waals surface area contributed by atoms with Crippen LogP contribution < -0.4 is 15.2 Å². The second-order valence-corrected chi connectivity index (χ2v) is 8.31. The van der Waals surface area contributed by atoms with Crippen LogP contribution in [0.3, 0.4) is 0 Å². The van der Waals surface area contributed by atoms with Gasteiger partial charge in [0.25, 0.3) is 0 Å². The number of hydrogen-bond donors (Lipinski definition) is 1. The van der Waals surface area contributed by atoms with E-state index in [1.165, 1.54) is 12.1 Å². The number of rotatable bonds is 10. The van der Waals surface area contributed by atoms with Crippen LogP contribution in [0.25, 0.3) is 11.1 Å². The number of nitrogens with zero attached hydrogens (tertiary/aromatic N) is 2. The van der Waals surface area contributed by atoms with Gasteiger partial charge in [0, 0.05) is 28.9 Å². The van der Waals surface area contributed by atoms with Gasteiger partial charge in [0.05, 0.1) is 5.02 Å². The highest BCUT2D eigenvalue weighted by Gasteiger charge is 2.20. The zero-order valence-electron chi connectivity index (χ0n) is 18.9. The van der Waals surface area contributed by atoms with Gasteiger partial charge in [-0.25, -0.2) is 9.37 Å². The molecule has 3 aromatic rings. The Hall–Kier alpha value is -2.54. The maximum Gasteiger partial charge on any atom is 0.166 e. The van der Waals surface area contributed by atoms with E-state index in [4.69, 9.17) is 38.4 Å². The molecular weight excluding hydrogens is 464 g/mol. The van der Waals surface area contributed by atoms with Crippen molar-refractivity contribution in [1.82, 2.24) is 9.88 Å². The second-order valence-electron chi connectivity index (χ2n) is 7.52. The lowest BCUT2D eigenvalue weighted by molar-refractivity contribution is 0.223. The zero-order chi connectivity index (χ0) is 24.0. The second kappa shape index (κ2) is 11.5. The summed E-state index contributed by atoms with van der Waals surface area (Å²) in [5.74, 6) is 0.808. The number of likely N-dealkylation sites (N-methyl/N-ethyl adjacent to an activating group) is 1. The Balaban J connectivity index is 1.73. The van der Waals surface area contributed by atoms with Crippen molar-refractivity contribution in [3.05, 3.63) is 70.1 Å². The third kappa shape index (κ3) is 6.28. The van der Waals surface area contributed by atoms with Crippen molar-refractivity contribution >= 4 is 29.0 Å². The lowest BCUT2D eigenvalue weighted by Crippen LogP contribution is -2.27. The molecule has 176 valence electrons. The minimum absolute atomic E-state index is 0.0748. The summed E-state index contributed by atoms with van der Waals surface area (Å²) in [4.78, 5) is 6.56. The third-order valence-electron chi connectivity index (χ3n) is 5.43. The van der Waals surface area contributed by atoms with Gasteiger partial charge in [0.2, 0.25) is 0 Å². The van der Waals surface area contributed by atoms with Crippen LogP contribution in [0.2, 0.25) is 10.0 Å². The first-order valence-electron chi connectivity index (χ1n) is 10.8. The van der Waals surface area contributed by atoms with Crippen LogP contribution >= 0.6 is 23.2 Å². The lowest BCUT2D eigenvalue weighted by Gasteiger charge is -2.19. The first-order chi connectivity index (χ1) is 15.8. The number of nitrogen functional groups attached to an aromatic ring is 1. The van der Waals surface area contributed by atoms with Gasteiger partial charge in [-0.05, 0) is 55.9 Å². The molecule has 0 aliphatic carbocycles. The Labute approximate surface area is 204 Å². The summed E-state index contributed by atoms with van der Waals surface area (Å²) in [5.41, 5.74) is 8.13. The summed E-state index contributed by atoms with van der Waals surface area (Å²) >= 11 is 12.3. The minimum atomic E-state index is -0.637. The van der Waals surface area contributed by atoms with Crippen molar-refractivity contribution in [2.75, 3.05) is 32.0 Å². The Morgan fingerprint density at radius 3 is 2.42 bits per heavy atom. The van der Waals surface area contributed by atoms with E-state index in [-0.39, 0.29) is 10.8 Å². The molecule has 5 nitrogen and oxygen atoms in total. The molecule has 0 amide bonds. The summed E-state index contributed by atoms with van der Waals surface area (Å²) in [5, 5.41) is 0.238. The smallest absolute Gasteiger partial charge is 0.166 e. The van der Waals surface area contributed by atoms with Gasteiger partial charge in [0.15, 0.2) is 11.6 Å². The Bertz CT molecular complexity index is 1080. The van der Waals surface area contributed by atoms with Crippen LogP contribution in [0.15, 0.2) is 48.7 Å². The topological polar surface area (TPSA) is 60.6 Å². The Morgan fingerprint density at radius 2 is 1.76 bits per heavy atom. The summed E-state index contributed by atoms with van der Waals surface area (Å²) in [6.45, 7) is 9.52. The fourth-order valence-corrected chi connectivity index (χ4v) is 4.13. The number of pyridine rings is 1. The van der Waals surface area contributed by atoms with E-state index in [9.17, 15) is 4.39 Å². The van der Waals surface area contributed by atoms with Gasteiger partial charge in [-0.1, -0.05) is 49.2 Å². The maximum absolute atomic E-state index is 13.9. The molecule has 2 aromatic carbocycles.